The largest absolute Gasteiger partial charge is 0.349 e. The molecule has 27 heavy (non-hydrogen) atoms. The second kappa shape index (κ2) is 6.77. The first-order valence-corrected chi connectivity index (χ1v) is 8.21. The van der Waals surface area contributed by atoms with Crippen molar-refractivity contribution < 1.29 is 9.59 Å². The number of para-hydroxylation sites is 2. The number of hydrogen-bond acceptors (Lipinski definition) is 5. The van der Waals surface area contributed by atoms with Gasteiger partial charge in [-0.1, -0.05) is 42.5 Å². The van der Waals surface area contributed by atoms with Crippen LogP contribution in [0, 0.1) is 0 Å². The van der Waals surface area contributed by atoms with E-state index in [1.807, 2.05) is 54.0 Å². The molecule has 0 saturated carbocycles. The van der Waals surface area contributed by atoms with Crippen LogP contribution in [0.25, 0.3) is 11.3 Å². The molecule has 0 unspecified atom stereocenters. The molecule has 1 aromatic heterocycles. The minimum absolute atomic E-state index is 0.0981. The molecule has 0 aliphatic carbocycles. The Kier molecular flexibility index (Phi) is 4.15. The summed E-state index contributed by atoms with van der Waals surface area (Å²) < 4.78 is 0. The van der Waals surface area contributed by atoms with Gasteiger partial charge in [0.1, 0.15) is 5.70 Å². The minimum Gasteiger partial charge on any atom is -0.349 e. The standard InChI is InChI=1S/C19H16N6O2/c20-22-18(26)11-15-19(27)25(16-9-5-4-8-13(16)21-15)17-10-14(23-24-17)12-6-2-1-3-7-12/h1-11,21H,20H2,(H,22,26)(H,23,24). The van der Waals surface area contributed by atoms with E-state index < -0.39 is 11.8 Å². The molecule has 8 nitrogen and oxygen atoms in total. The second-order valence-electron chi connectivity index (χ2n) is 5.86. The molecule has 8 heteroatoms. The summed E-state index contributed by atoms with van der Waals surface area (Å²) >= 11 is 0. The first kappa shape index (κ1) is 16.6. The Morgan fingerprint density at radius 3 is 2.63 bits per heavy atom. The third-order valence-electron chi connectivity index (χ3n) is 4.14. The molecule has 0 spiro atoms. The molecule has 4 rings (SSSR count). The fourth-order valence-electron chi connectivity index (χ4n) is 2.89. The summed E-state index contributed by atoms with van der Waals surface area (Å²) in [5.41, 5.74) is 5.13. The average Bonchev–Trinajstić information content (AvgIpc) is 3.19. The highest BCUT2D eigenvalue weighted by molar-refractivity contribution is 6.18. The van der Waals surface area contributed by atoms with Crippen molar-refractivity contribution in [2.45, 2.75) is 0 Å². The van der Waals surface area contributed by atoms with Crippen LogP contribution in [-0.4, -0.2) is 22.0 Å². The molecule has 0 saturated heterocycles. The van der Waals surface area contributed by atoms with E-state index in [0.717, 1.165) is 17.3 Å². The van der Waals surface area contributed by atoms with E-state index in [1.54, 1.807) is 12.1 Å². The molecule has 1 aliphatic heterocycles. The van der Waals surface area contributed by atoms with Crippen molar-refractivity contribution >= 4 is 29.0 Å². The Morgan fingerprint density at radius 2 is 1.85 bits per heavy atom. The summed E-state index contributed by atoms with van der Waals surface area (Å²) in [5, 5.41) is 10.2. The minimum atomic E-state index is -0.586. The van der Waals surface area contributed by atoms with E-state index >= 15 is 0 Å². The topological polar surface area (TPSA) is 116 Å². The predicted octanol–water partition coefficient (Wildman–Crippen LogP) is 2.04. The number of nitrogens with two attached hydrogens (primary N) is 1. The number of aromatic amines is 1. The number of carbonyl (C=O) groups is 2. The van der Waals surface area contributed by atoms with Gasteiger partial charge in [-0.25, -0.2) is 5.84 Å². The van der Waals surface area contributed by atoms with Gasteiger partial charge in [-0.05, 0) is 17.7 Å². The number of nitrogens with zero attached hydrogens (tertiary/aromatic N) is 2. The van der Waals surface area contributed by atoms with Gasteiger partial charge in [-0.15, -0.1) is 0 Å². The van der Waals surface area contributed by atoms with Crippen LogP contribution in [0.4, 0.5) is 17.2 Å². The highest BCUT2D eigenvalue weighted by atomic mass is 16.2. The zero-order valence-corrected chi connectivity index (χ0v) is 14.1. The third-order valence-corrected chi connectivity index (χ3v) is 4.14. The smallest absolute Gasteiger partial charge is 0.280 e. The maximum atomic E-state index is 13.0. The van der Waals surface area contributed by atoms with Gasteiger partial charge < -0.3 is 5.32 Å². The lowest BCUT2D eigenvalue weighted by molar-refractivity contribution is -0.118. The van der Waals surface area contributed by atoms with E-state index in [2.05, 4.69) is 15.5 Å². The molecule has 1 aliphatic rings. The molecule has 2 aromatic carbocycles. The Morgan fingerprint density at radius 1 is 1.11 bits per heavy atom. The number of amides is 2. The lowest BCUT2D eigenvalue weighted by Crippen LogP contribution is -2.37. The van der Waals surface area contributed by atoms with Gasteiger partial charge in [0.15, 0.2) is 5.82 Å². The van der Waals surface area contributed by atoms with Crippen LogP contribution in [0.3, 0.4) is 0 Å². The normalized spacial score (nSPS) is 14.6. The zero-order chi connectivity index (χ0) is 18.8. The number of benzene rings is 2. The lowest BCUT2D eigenvalue weighted by atomic mass is 10.1. The monoisotopic (exact) mass is 360 g/mol. The van der Waals surface area contributed by atoms with Gasteiger partial charge in [0.05, 0.1) is 17.1 Å². The second-order valence-corrected chi connectivity index (χ2v) is 5.86. The van der Waals surface area contributed by atoms with Crippen molar-refractivity contribution in [3.8, 4) is 11.3 Å². The number of aromatic nitrogens is 2. The Labute approximate surface area is 154 Å². The number of rotatable bonds is 3. The number of hydrogen-bond donors (Lipinski definition) is 4. The maximum absolute atomic E-state index is 13.0. The molecule has 134 valence electrons. The highest BCUT2D eigenvalue weighted by Gasteiger charge is 2.31. The lowest BCUT2D eigenvalue weighted by Gasteiger charge is -2.29. The third kappa shape index (κ3) is 3.05. The van der Waals surface area contributed by atoms with Crippen LogP contribution in [0.1, 0.15) is 0 Å². The SMILES string of the molecule is NNC(=O)C=C1Nc2ccccc2N(c2cc(-c3ccccc3)[nH]n2)C1=O. The van der Waals surface area contributed by atoms with Crippen molar-refractivity contribution in [2.24, 2.45) is 5.84 Å². The van der Waals surface area contributed by atoms with Gasteiger partial charge >= 0.3 is 0 Å². The number of anilines is 3. The van der Waals surface area contributed by atoms with Crippen LogP contribution < -0.4 is 21.5 Å². The Hall–Kier alpha value is -3.91. The number of carbonyl (C=O) groups excluding carboxylic acids is 2. The number of hydrazine groups is 1. The van der Waals surface area contributed by atoms with Crippen LogP contribution in [0.15, 0.2) is 72.4 Å². The van der Waals surface area contributed by atoms with Gasteiger partial charge in [0.2, 0.25) is 0 Å². The van der Waals surface area contributed by atoms with E-state index in [4.69, 9.17) is 5.84 Å². The Balaban J connectivity index is 1.79. The van der Waals surface area contributed by atoms with Crippen molar-refractivity contribution in [1.29, 1.82) is 0 Å². The van der Waals surface area contributed by atoms with E-state index in [1.165, 1.54) is 4.90 Å². The maximum Gasteiger partial charge on any atom is 0.280 e. The van der Waals surface area contributed by atoms with Gasteiger partial charge in [-0.3, -0.25) is 25.0 Å². The molecule has 2 heterocycles. The molecular formula is C19H16N6O2. The fraction of sp³-hybridized carbons (Fsp3) is 0. The van der Waals surface area contributed by atoms with E-state index in [9.17, 15) is 9.59 Å². The number of H-pyrrole nitrogens is 1. The van der Waals surface area contributed by atoms with Gasteiger partial charge in [0.25, 0.3) is 11.8 Å². The molecule has 0 fully saturated rings. The van der Waals surface area contributed by atoms with Crippen LogP contribution in [-0.2, 0) is 9.59 Å². The quantitative estimate of drug-likeness (QED) is 0.247. The fourth-order valence-corrected chi connectivity index (χ4v) is 2.89. The zero-order valence-electron chi connectivity index (χ0n) is 14.1. The summed E-state index contributed by atoms with van der Waals surface area (Å²) in [5.74, 6) is 4.55. The number of fused-ring (bicyclic) bond motifs is 1. The van der Waals surface area contributed by atoms with Crippen molar-refractivity contribution in [1.82, 2.24) is 15.6 Å². The van der Waals surface area contributed by atoms with Gasteiger partial charge in [0, 0.05) is 12.1 Å². The predicted molar refractivity (Wildman–Crippen MR) is 102 cm³/mol. The van der Waals surface area contributed by atoms with Crippen LogP contribution >= 0.6 is 0 Å². The molecule has 0 radical (unpaired) electrons. The summed E-state index contributed by atoms with van der Waals surface area (Å²) in [7, 11) is 0. The molecule has 0 bridgehead atoms. The molecule has 2 amide bonds. The highest BCUT2D eigenvalue weighted by Crippen LogP contribution is 2.37. The van der Waals surface area contributed by atoms with Crippen LogP contribution in [0.2, 0.25) is 0 Å². The number of nitrogens with one attached hydrogen (secondary N) is 3. The van der Waals surface area contributed by atoms with E-state index in [0.29, 0.717) is 17.2 Å². The van der Waals surface area contributed by atoms with Gasteiger partial charge in [-0.2, -0.15) is 5.10 Å². The van der Waals surface area contributed by atoms with Crippen molar-refractivity contribution in [3.63, 3.8) is 0 Å². The summed E-state index contributed by atoms with van der Waals surface area (Å²) in [4.78, 5) is 26.1. The molecular weight excluding hydrogens is 344 g/mol. The van der Waals surface area contributed by atoms with E-state index in [-0.39, 0.29) is 5.70 Å². The molecule has 3 aromatic rings. The first-order valence-electron chi connectivity index (χ1n) is 8.21. The van der Waals surface area contributed by atoms with Crippen molar-refractivity contribution in [3.05, 3.63) is 72.4 Å². The summed E-state index contributed by atoms with van der Waals surface area (Å²) in [6.45, 7) is 0. The summed E-state index contributed by atoms with van der Waals surface area (Å²) in [6, 6.07) is 18.7. The Bertz CT molecular complexity index is 1040. The average molecular weight is 360 g/mol. The molecule has 5 N–H and O–H groups in total. The summed E-state index contributed by atoms with van der Waals surface area (Å²) in [6.07, 6.45) is 1.12. The first-order chi connectivity index (χ1) is 13.2. The molecule has 0 atom stereocenters. The van der Waals surface area contributed by atoms with Crippen LogP contribution in [0.5, 0.6) is 0 Å². The van der Waals surface area contributed by atoms with Crippen molar-refractivity contribution in [2.75, 3.05) is 10.2 Å².